The number of aromatic amines is 1. The molecule has 0 aromatic carbocycles. The van der Waals surface area contributed by atoms with E-state index in [1.54, 1.807) is 35.4 Å². The first-order valence-corrected chi connectivity index (χ1v) is 11.1. The van der Waals surface area contributed by atoms with Gasteiger partial charge in [-0.25, -0.2) is 9.50 Å². The zero-order valence-electron chi connectivity index (χ0n) is 19.0. The Morgan fingerprint density at radius 1 is 1.29 bits per heavy atom. The van der Waals surface area contributed by atoms with Crippen molar-refractivity contribution in [3.05, 3.63) is 71.7 Å². The third-order valence-corrected chi connectivity index (χ3v) is 6.20. The number of H-pyrrole nitrogens is 1. The van der Waals surface area contributed by atoms with Crippen LogP contribution in [0.2, 0.25) is 0 Å². The van der Waals surface area contributed by atoms with E-state index in [1.807, 2.05) is 22.8 Å². The minimum atomic E-state index is -0.476. The Balaban J connectivity index is 1.41. The van der Waals surface area contributed by atoms with Gasteiger partial charge < -0.3 is 14.3 Å². The Morgan fingerprint density at radius 2 is 2.18 bits per heavy atom. The lowest BCUT2D eigenvalue weighted by molar-refractivity contribution is 0.0646. The van der Waals surface area contributed by atoms with Crippen LogP contribution in [0.25, 0.3) is 17.0 Å². The standard InChI is InChI=1S/C23H23N9O2/c1-13(2)15-5-4-7-32-18(15)9-17(29-32)20-19-16(24-12-25-19)6-8-31(20)23(33)22-28-27-21(34-22)14-10-26-30(3)11-14/h4-5,7,9-13,20H,6,8H2,1-3H3,(H,24,25). The van der Waals surface area contributed by atoms with E-state index in [9.17, 15) is 4.79 Å². The van der Waals surface area contributed by atoms with Crippen LogP contribution in [-0.2, 0) is 13.5 Å². The van der Waals surface area contributed by atoms with Crippen LogP contribution in [0.4, 0.5) is 0 Å². The molecule has 0 radical (unpaired) electrons. The smallest absolute Gasteiger partial charge is 0.312 e. The van der Waals surface area contributed by atoms with E-state index in [0.29, 0.717) is 24.4 Å². The Bertz CT molecular complexity index is 1510. The molecule has 5 aromatic heterocycles. The summed E-state index contributed by atoms with van der Waals surface area (Å²) in [5, 5.41) is 17.0. The van der Waals surface area contributed by atoms with Gasteiger partial charge in [-0.15, -0.1) is 10.2 Å². The van der Waals surface area contributed by atoms with Crippen LogP contribution in [0.15, 0.2) is 47.5 Å². The van der Waals surface area contributed by atoms with Crippen LogP contribution in [-0.4, -0.2) is 56.9 Å². The lowest BCUT2D eigenvalue weighted by atomic mass is 9.98. The third kappa shape index (κ3) is 3.19. The second-order valence-electron chi connectivity index (χ2n) is 8.75. The molecule has 5 aromatic rings. The largest absolute Gasteiger partial charge is 0.412 e. The van der Waals surface area contributed by atoms with Gasteiger partial charge in [-0.1, -0.05) is 19.9 Å². The van der Waals surface area contributed by atoms with Crippen molar-refractivity contribution in [3.8, 4) is 11.5 Å². The van der Waals surface area contributed by atoms with E-state index in [4.69, 9.17) is 9.52 Å². The third-order valence-electron chi connectivity index (χ3n) is 6.20. The average Bonchev–Trinajstić information content (AvgIpc) is 3.62. The molecule has 11 heteroatoms. The molecule has 1 unspecified atom stereocenters. The van der Waals surface area contributed by atoms with Gasteiger partial charge in [0, 0.05) is 38.1 Å². The van der Waals surface area contributed by atoms with Gasteiger partial charge in [-0.3, -0.25) is 9.48 Å². The average molecular weight is 457 g/mol. The number of fused-ring (bicyclic) bond motifs is 2. The summed E-state index contributed by atoms with van der Waals surface area (Å²) in [6.07, 6.45) is 7.60. The number of nitrogens with zero attached hydrogens (tertiary/aromatic N) is 8. The van der Waals surface area contributed by atoms with E-state index >= 15 is 0 Å². The SMILES string of the molecule is CC(C)c1cccn2nc(C3c4nc[nH]c4CCN3C(=O)c3nnc(-c4cnn(C)c4)o3)cc12. The van der Waals surface area contributed by atoms with E-state index < -0.39 is 6.04 Å². The fourth-order valence-corrected chi connectivity index (χ4v) is 4.55. The first kappa shape index (κ1) is 20.3. The summed E-state index contributed by atoms with van der Waals surface area (Å²) in [5.74, 6) is 0.152. The minimum absolute atomic E-state index is 0.0746. The van der Waals surface area contributed by atoms with Gasteiger partial charge in [0.1, 0.15) is 6.04 Å². The highest BCUT2D eigenvalue weighted by Gasteiger charge is 2.38. The van der Waals surface area contributed by atoms with Crippen molar-refractivity contribution in [1.82, 2.24) is 44.5 Å². The Kier molecular flexibility index (Phi) is 4.57. The summed E-state index contributed by atoms with van der Waals surface area (Å²) < 4.78 is 9.24. The molecule has 1 aliphatic heterocycles. The molecular weight excluding hydrogens is 434 g/mol. The molecule has 1 atom stereocenters. The number of pyridine rings is 1. The number of rotatable bonds is 4. The van der Waals surface area contributed by atoms with Crippen molar-refractivity contribution >= 4 is 11.4 Å². The van der Waals surface area contributed by atoms with Crippen LogP contribution in [0, 0.1) is 0 Å². The van der Waals surface area contributed by atoms with Crippen LogP contribution in [0.5, 0.6) is 0 Å². The summed E-state index contributed by atoms with van der Waals surface area (Å²) in [5.41, 5.74) is 5.37. The Morgan fingerprint density at radius 3 is 2.97 bits per heavy atom. The number of nitrogens with one attached hydrogen (secondary N) is 1. The molecule has 11 nitrogen and oxygen atoms in total. The van der Waals surface area contributed by atoms with Gasteiger partial charge in [0.05, 0.1) is 35.0 Å². The zero-order valence-corrected chi connectivity index (χ0v) is 19.0. The summed E-state index contributed by atoms with van der Waals surface area (Å²) >= 11 is 0. The number of hydrogen-bond acceptors (Lipinski definition) is 7. The summed E-state index contributed by atoms with van der Waals surface area (Å²) in [6, 6.07) is 5.66. The zero-order chi connectivity index (χ0) is 23.4. The molecule has 172 valence electrons. The van der Waals surface area contributed by atoms with E-state index in [-0.39, 0.29) is 17.7 Å². The lowest BCUT2D eigenvalue weighted by Crippen LogP contribution is -2.41. The monoisotopic (exact) mass is 457 g/mol. The highest BCUT2D eigenvalue weighted by atomic mass is 16.4. The van der Waals surface area contributed by atoms with Crippen LogP contribution >= 0.6 is 0 Å². The van der Waals surface area contributed by atoms with Crippen molar-refractivity contribution < 1.29 is 9.21 Å². The van der Waals surface area contributed by atoms with E-state index in [2.05, 4.69) is 45.2 Å². The molecule has 0 saturated carbocycles. The fourth-order valence-electron chi connectivity index (χ4n) is 4.55. The summed E-state index contributed by atoms with van der Waals surface area (Å²) in [6.45, 7) is 4.77. The van der Waals surface area contributed by atoms with E-state index in [1.165, 1.54) is 5.56 Å². The summed E-state index contributed by atoms with van der Waals surface area (Å²) in [4.78, 5) is 23.1. The van der Waals surface area contributed by atoms with Crippen molar-refractivity contribution in [2.24, 2.45) is 7.05 Å². The number of hydrogen-bond donors (Lipinski definition) is 1. The second kappa shape index (κ2) is 7.65. The quantitative estimate of drug-likeness (QED) is 0.440. The van der Waals surface area contributed by atoms with Gasteiger partial charge in [-0.05, 0) is 23.6 Å². The van der Waals surface area contributed by atoms with Gasteiger partial charge >= 0.3 is 11.8 Å². The van der Waals surface area contributed by atoms with Gasteiger partial charge in [0.15, 0.2) is 0 Å². The molecule has 6 heterocycles. The van der Waals surface area contributed by atoms with Gasteiger partial charge in [-0.2, -0.15) is 10.2 Å². The number of carbonyl (C=O) groups is 1. The molecule has 34 heavy (non-hydrogen) atoms. The molecular formula is C23H23N9O2. The molecule has 1 amide bonds. The predicted octanol–water partition coefficient (Wildman–Crippen LogP) is 2.75. The normalized spacial score (nSPS) is 15.9. The van der Waals surface area contributed by atoms with Crippen LogP contribution < -0.4 is 0 Å². The Labute approximate surface area is 194 Å². The second-order valence-corrected chi connectivity index (χ2v) is 8.75. The number of amides is 1. The first-order valence-electron chi connectivity index (χ1n) is 11.1. The maximum absolute atomic E-state index is 13.6. The molecule has 1 aliphatic rings. The summed E-state index contributed by atoms with van der Waals surface area (Å²) in [7, 11) is 1.80. The molecule has 0 bridgehead atoms. The molecule has 0 aliphatic carbocycles. The Hall–Kier alpha value is -4.28. The number of imidazole rings is 1. The maximum atomic E-state index is 13.6. The van der Waals surface area contributed by atoms with Crippen molar-refractivity contribution in [1.29, 1.82) is 0 Å². The van der Waals surface area contributed by atoms with Gasteiger partial charge in [0.25, 0.3) is 5.89 Å². The van der Waals surface area contributed by atoms with Crippen molar-refractivity contribution in [3.63, 3.8) is 0 Å². The van der Waals surface area contributed by atoms with Crippen LogP contribution in [0.3, 0.4) is 0 Å². The fraction of sp³-hybridized carbons (Fsp3) is 0.304. The minimum Gasteiger partial charge on any atom is -0.412 e. The highest BCUT2D eigenvalue weighted by molar-refractivity contribution is 5.90. The molecule has 0 fully saturated rings. The topological polar surface area (TPSA) is 123 Å². The van der Waals surface area contributed by atoms with E-state index in [0.717, 1.165) is 22.6 Å². The first-order chi connectivity index (χ1) is 16.5. The predicted molar refractivity (Wildman–Crippen MR) is 121 cm³/mol. The molecule has 0 saturated heterocycles. The number of aryl methyl sites for hydroxylation is 1. The molecule has 1 N–H and O–H groups in total. The van der Waals surface area contributed by atoms with Gasteiger partial charge in [0.2, 0.25) is 0 Å². The molecule has 0 spiro atoms. The molecule has 6 rings (SSSR count). The van der Waals surface area contributed by atoms with Crippen molar-refractivity contribution in [2.75, 3.05) is 6.54 Å². The lowest BCUT2D eigenvalue weighted by Gasteiger charge is -2.32. The van der Waals surface area contributed by atoms with Crippen LogP contribution in [0.1, 0.15) is 59.1 Å². The number of carbonyl (C=O) groups excluding carboxylic acids is 1. The van der Waals surface area contributed by atoms with Crippen molar-refractivity contribution in [2.45, 2.75) is 32.2 Å². The maximum Gasteiger partial charge on any atom is 0.312 e. The number of aromatic nitrogens is 8. The highest BCUT2D eigenvalue weighted by Crippen LogP contribution is 2.35.